The molecule has 0 radical (unpaired) electrons. The minimum atomic E-state index is -0.127. The monoisotopic (exact) mass is 288 g/mol. The van der Waals surface area contributed by atoms with Crippen LogP contribution in [0.1, 0.15) is 38.8 Å². The van der Waals surface area contributed by atoms with E-state index in [-0.39, 0.29) is 5.38 Å². The predicted molar refractivity (Wildman–Crippen MR) is 86.1 cm³/mol. The van der Waals surface area contributed by atoms with Gasteiger partial charge in [-0.3, -0.25) is 0 Å². The molecule has 2 heteroatoms. The average Bonchev–Trinajstić information content (AvgIpc) is 2.40. The SMILES string of the molecule is COc1c(C)cc(C(Cl)c2cc(C)ccc2C)cc1C. The van der Waals surface area contributed by atoms with Crippen molar-refractivity contribution < 1.29 is 4.74 Å². The van der Waals surface area contributed by atoms with Crippen LogP contribution in [0, 0.1) is 27.7 Å². The Morgan fingerprint density at radius 2 is 1.50 bits per heavy atom. The fourth-order valence-corrected chi connectivity index (χ4v) is 3.03. The summed E-state index contributed by atoms with van der Waals surface area (Å²) in [7, 11) is 1.71. The van der Waals surface area contributed by atoms with E-state index in [9.17, 15) is 0 Å². The first-order valence-electron chi connectivity index (χ1n) is 6.80. The number of alkyl halides is 1. The zero-order valence-electron chi connectivity index (χ0n) is 12.8. The lowest BCUT2D eigenvalue weighted by Gasteiger charge is -2.17. The second-order valence-corrected chi connectivity index (χ2v) is 5.85. The molecule has 0 spiro atoms. The van der Waals surface area contributed by atoms with E-state index >= 15 is 0 Å². The summed E-state index contributed by atoms with van der Waals surface area (Å²) in [5, 5.41) is -0.127. The van der Waals surface area contributed by atoms with Gasteiger partial charge < -0.3 is 4.74 Å². The van der Waals surface area contributed by atoms with Crippen molar-refractivity contribution in [2.24, 2.45) is 0 Å². The molecule has 1 atom stereocenters. The van der Waals surface area contributed by atoms with Crippen molar-refractivity contribution in [3.05, 3.63) is 63.7 Å². The summed E-state index contributed by atoms with van der Waals surface area (Å²) < 4.78 is 5.42. The summed E-state index contributed by atoms with van der Waals surface area (Å²) in [6.07, 6.45) is 0. The van der Waals surface area contributed by atoms with Gasteiger partial charge in [-0.2, -0.15) is 0 Å². The van der Waals surface area contributed by atoms with Crippen molar-refractivity contribution in [2.45, 2.75) is 33.1 Å². The first-order valence-corrected chi connectivity index (χ1v) is 7.24. The Balaban J connectivity index is 2.48. The van der Waals surface area contributed by atoms with E-state index in [2.05, 4.69) is 58.0 Å². The smallest absolute Gasteiger partial charge is 0.124 e. The first-order chi connectivity index (χ1) is 9.43. The van der Waals surface area contributed by atoms with Crippen molar-refractivity contribution in [1.82, 2.24) is 0 Å². The maximum absolute atomic E-state index is 6.71. The molecular formula is C18H21ClO. The van der Waals surface area contributed by atoms with E-state index in [4.69, 9.17) is 16.3 Å². The van der Waals surface area contributed by atoms with Crippen LogP contribution in [0.3, 0.4) is 0 Å². The summed E-state index contributed by atoms with van der Waals surface area (Å²) in [6, 6.07) is 10.6. The fourth-order valence-electron chi connectivity index (χ4n) is 2.66. The van der Waals surface area contributed by atoms with Crippen LogP contribution in [0.4, 0.5) is 0 Å². The molecule has 1 nitrogen and oxygen atoms in total. The number of hydrogen-bond acceptors (Lipinski definition) is 1. The Morgan fingerprint density at radius 3 is 2.05 bits per heavy atom. The Hall–Kier alpha value is -1.47. The van der Waals surface area contributed by atoms with E-state index in [1.807, 2.05) is 0 Å². The number of methoxy groups -OCH3 is 1. The zero-order chi connectivity index (χ0) is 14.9. The summed E-state index contributed by atoms with van der Waals surface area (Å²) >= 11 is 6.71. The van der Waals surface area contributed by atoms with Crippen LogP contribution in [0.2, 0.25) is 0 Å². The maximum Gasteiger partial charge on any atom is 0.124 e. The molecule has 2 aromatic rings. The fraction of sp³-hybridized carbons (Fsp3) is 0.333. The van der Waals surface area contributed by atoms with Crippen LogP contribution in [0.15, 0.2) is 30.3 Å². The van der Waals surface area contributed by atoms with Gasteiger partial charge in [-0.25, -0.2) is 0 Å². The molecule has 0 aliphatic rings. The van der Waals surface area contributed by atoms with Gasteiger partial charge in [0, 0.05) is 0 Å². The van der Waals surface area contributed by atoms with Gasteiger partial charge in [-0.1, -0.05) is 35.9 Å². The van der Waals surface area contributed by atoms with E-state index in [1.165, 1.54) is 16.7 Å². The molecule has 0 saturated heterocycles. The average molecular weight is 289 g/mol. The van der Waals surface area contributed by atoms with Crippen molar-refractivity contribution in [3.63, 3.8) is 0 Å². The molecule has 0 N–H and O–H groups in total. The highest BCUT2D eigenvalue weighted by molar-refractivity contribution is 6.22. The number of aryl methyl sites for hydroxylation is 4. The van der Waals surface area contributed by atoms with Gasteiger partial charge in [-0.05, 0) is 55.5 Å². The van der Waals surface area contributed by atoms with Crippen molar-refractivity contribution in [1.29, 1.82) is 0 Å². The van der Waals surface area contributed by atoms with Crippen LogP contribution >= 0.6 is 11.6 Å². The van der Waals surface area contributed by atoms with Gasteiger partial charge in [0.25, 0.3) is 0 Å². The lowest BCUT2D eigenvalue weighted by atomic mass is 9.95. The van der Waals surface area contributed by atoms with E-state index in [1.54, 1.807) is 7.11 Å². The van der Waals surface area contributed by atoms with E-state index in [0.717, 1.165) is 22.4 Å². The van der Waals surface area contributed by atoms with Gasteiger partial charge in [-0.15, -0.1) is 11.6 Å². The number of hydrogen-bond donors (Lipinski definition) is 0. The predicted octanol–water partition coefficient (Wildman–Crippen LogP) is 5.26. The van der Waals surface area contributed by atoms with Crippen LogP contribution in [-0.2, 0) is 0 Å². The van der Waals surface area contributed by atoms with Crippen LogP contribution in [0.5, 0.6) is 5.75 Å². The minimum absolute atomic E-state index is 0.127. The van der Waals surface area contributed by atoms with Crippen LogP contribution < -0.4 is 4.74 Å². The molecule has 0 bridgehead atoms. The molecule has 0 saturated carbocycles. The molecule has 0 heterocycles. The Labute approximate surface area is 126 Å². The molecule has 0 aliphatic carbocycles. The molecule has 0 amide bonds. The summed E-state index contributed by atoms with van der Waals surface area (Å²) in [5.74, 6) is 0.943. The third kappa shape index (κ3) is 2.83. The minimum Gasteiger partial charge on any atom is -0.496 e. The molecule has 1 unspecified atom stereocenters. The normalized spacial score (nSPS) is 12.3. The molecule has 0 aliphatic heterocycles. The molecule has 0 fully saturated rings. The zero-order valence-corrected chi connectivity index (χ0v) is 13.5. The highest BCUT2D eigenvalue weighted by atomic mass is 35.5. The van der Waals surface area contributed by atoms with Gasteiger partial charge in [0.1, 0.15) is 5.75 Å². The van der Waals surface area contributed by atoms with Gasteiger partial charge >= 0.3 is 0 Å². The number of halogens is 1. The summed E-state index contributed by atoms with van der Waals surface area (Å²) in [5.41, 5.74) is 7.00. The molecule has 2 aromatic carbocycles. The number of ether oxygens (including phenoxy) is 1. The van der Waals surface area contributed by atoms with Gasteiger partial charge in [0.05, 0.1) is 12.5 Å². The molecule has 20 heavy (non-hydrogen) atoms. The van der Waals surface area contributed by atoms with Gasteiger partial charge in [0.2, 0.25) is 0 Å². The van der Waals surface area contributed by atoms with Crippen molar-refractivity contribution in [3.8, 4) is 5.75 Å². The second-order valence-electron chi connectivity index (χ2n) is 5.41. The lowest BCUT2D eigenvalue weighted by Crippen LogP contribution is -2.00. The lowest BCUT2D eigenvalue weighted by molar-refractivity contribution is 0.408. The Kier molecular flexibility index (Phi) is 4.39. The van der Waals surface area contributed by atoms with Crippen molar-refractivity contribution >= 4 is 11.6 Å². The van der Waals surface area contributed by atoms with Gasteiger partial charge in [0.15, 0.2) is 0 Å². The van der Waals surface area contributed by atoms with Crippen LogP contribution in [-0.4, -0.2) is 7.11 Å². The summed E-state index contributed by atoms with van der Waals surface area (Å²) in [4.78, 5) is 0. The quantitative estimate of drug-likeness (QED) is 0.700. The standard InChI is InChI=1S/C18H21ClO/c1-11-6-7-12(2)16(8-11)17(19)15-9-13(3)18(20-5)14(4)10-15/h6-10,17H,1-5H3. The second kappa shape index (κ2) is 5.88. The van der Waals surface area contributed by atoms with Crippen LogP contribution in [0.25, 0.3) is 0 Å². The number of rotatable bonds is 3. The molecular weight excluding hydrogens is 268 g/mol. The Morgan fingerprint density at radius 1 is 0.900 bits per heavy atom. The highest BCUT2D eigenvalue weighted by Crippen LogP contribution is 2.35. The first kappa shape index (κ1) is 14.9. The summed E-state index contributed by atoms with van der Waals surface area (Å²) in [6.45, 7) is 8.31. The van der Waals surface area contributed by atoms with Crippen molar-refractivity contribution in [2.75, 3.05) is 7.11 Å². The molecule has 2 rings (SSSR count). The van der Waals surface area contributed by atoms with E-state index < -0.39 is 0 Å². The Bertz CT molecular complexity index is 608. The third-order valence-corrected chi connectivity index (χ3v) is 4.17. The number of benzene rings is 2. The van der Waals surface area contributed by atoms with E-state index in [0.29, 0.717) is 0 Å². The topological polar surface area (TPSA) is 9.23 Å². The largest absolute Gasteiger partial charge is 0.496 e. The maximum atomic E-state index is 6.71. The molecule has 106 valence electrons. The molecule has 0 aromatic heterocycles. The highest BCUT2D eigenvalue weighted by Gasteiger charge is 2.16. The third-order valence-electron chi connectivity index (χ3n) is 3.69.